The van der Waals surface area contributed by atoms with E-state index in [1.807, 2.05) is 0 Å². The maximum atomic E-state index is 12.0. The van der Waals surface area contributed by atoms with Gasteiger partial charge in [-0.3, -0.25) is 5.10 Å². The molecule has 0 spiro atoms. The van der Waals surface area contributed by atoms with Gasteiger partial charge in [-0.25, -0.2) is 0 Å². The van der Waals surface area contributed by atoms with Crippen LogP contribution in [0.1, 0.15) is 18.3 Å². The summed E-state index contributed by atoms with van der Waals surface area (Å²) in [7, 11) is 0. The molecule has 1 aromatic rings. The van der Waals surface area contributed by atoms with Crippen LogP contribution in [-0.4, -0.2) is 21.4 Å². The van der Waals surface area contributed by atoms with E-state index in [2.05, 4.69) is 10.2 Å². The molecular weight excluding hydrogens is 185 g/mol. The first-order chi connectivity index (χ1) is 5.89. The van der Waals surface area contributed by atoms with Crippen LogP contribution in [0.5, 0.6) is 0 Å². The van der Waals surface area contributed by atoms with Crippen LogP contribution < -0.4 is 0 Å². The number of halogens is 3. The number of alkyl halides is 3. The van der Waals surface area contributed by atoms with E-state index < -0.39 is 18.0 Å². The first-order valence-electron chi connectivity index (χ1n) is 3.69. The van der Waals surface area contributed by atoms with Crippen LogP contribution in [0.4, 0.5) is 13.2 Å². The molecular formula is C7H9F3N2O. The van der Waals surface area contributed by atoms with Crippen molar-refractivity contribution in [3.05, 3.63) is 17.5 Å². The highest BCUT2D eigenvalue weighted by Crippen LogP contribution is 2.27. The van der Waals surface area contributed by atoms with Gasteiger partial charge in [0.15, 0.2) is 5.69 Å². The molecule has 0 aliphatic carbocycles. The fraction of sp³-hybridized carbons (Fsp3) is 0.571. The Morgan fingerprint density at radius 1 is 1.62 bits per heavy atom. The number of hydrogen-bond acceptors (Lipinski definition) is 2. The summed E-state index contributed by atoms with van der Waals surface area (Å²) in [6, 6.07) is 0.896. The minimum atomic E-state index is -4.42. The average molecular weight is 194 g/mol. The maximum absolute atomic E-state index is 12.0. The first-order valence-corrected chi connectivity index (χ1v) is 3.69. The van der Waals surface area contributed by atoms with E-state index in [1.54, 1.807) is 0 Å². The van der Waals surface area contributed by atoms with Gasteiger partial charge in [0.05, 0.1) is 6.10 Å². The molecule has 0 saturated heterocycles. The van der Waals surface area contributed by atoms with E-state index in [1.165, 1.54) is 6.92 Å². The van der Waals surface area contributed by atoms with Crippen LogP contribution in [0.3, 0.4) is 0 Å². The molecule has 0 fully saturated rings. The number of aromatic nitrogens is 2. The third kappa shape index (κ3) is 2.73. The van der Waals surface area contributed by atoms with E-state index >= 15 is 0 Å². The lowest BCUT2D eigenvalue weighted by Crippen LogP contribution is -2.05. The van der Waals surface area contributed by atoms with Crippen LogP contribution in [0.2, 0.25) is 0 Å². The van der Waals surface area contributed by atoms with Gasteiger partial charge in [0.1, 0.15) is 0 Å². The summed E-state index contributed by atoms with van der Waals surface area (Å²) in [5.41, 5.74) is -0.675. The van der Waals surface area contributed by atoms with E-state index in [0.717, 1.165) is 6.07 Å². The third-order valence-corrected chi connectivity index (χ3v) is 1.44. The van der Waals surface area contributed by atoms with Crippen molar-refractivity contribution in [2.45, 2.75) is 25.6 Å². The lowest BCUT2D eigenvalue weighted by atomic mass is 10.2. The van der Waals surface area contributed by atoms with Gasteiger partial charge in [-0.2, -0.15) is 18.3 Å². The molecule has 0 aliphatic heterocycles. The average Bonchev–Trinajstić information content (AvgIpc) is 2.32. The Hall–Kier alpha value is -1.04. The Kier molecular flexibility index (Phi) is 2.60. The van der Waals surface area contributed by atoms with Gasteiger partial charge in [0.2, 0.25) is 0 Å². The number of rotatable bonds is 2. The highest BCUT2D eigenvalue weighted by Gasteiger charge is 2.33. The molecule has 0 saturated carbocycles. The van der Waals surface area contributed by atoms with Crippen molar-refractivity contribution < 1.29 is 18.3 Å². The second-order valence-corrected chi connectivity index (χ2v) is 2.83. The van der Waals surface area contributed by atoms with Gasteiger partial charge in [-0.1, -0.05) is 0 Å². The molecule has 0 unspecified atom stereocenters. The molecule has 6 heteroatoms. The fourth-order valence-corrected chi connectivity index (χ4v) is 0.930. The fourth-order valence-electron chi connectivity index (χ4n) is 0.930. The number of hydrogen-bond donors (Lipinski definition) is 2. The first kappa shape index (κ1) is 10.0. The molecule has 13 heavy (non-hydrogen) atoms. The SMILES string of the molecule is C[C@H](O)Cc1cc(C(F)(F)F)n[nH]1. The lowest BCUT2D eigenvalue weighted by molar-refractivity contribution is -0.141. The number of H-pyrrole nitrogens is 1. The summed E-state index contributed by atoms with van der Waals surface area (Å²) >= 11 is 0. The Labute approximate surface area is 72.6 Å². The smallest absolute Gasteiger partial charge is 0.393 e. The van der Waals surface area contributed by atoms with Crippen molar-refractivity contribution in [1.82, 2.24) is 10.2 Å². The monoisotopic (exact) mass is 194 g/mol. The molecule has 3 nitrogen and oxygen atoms in total. The van der Waals surface area contributed by atoms with Gasteiger partial charge in [0, 0.05) is 12.1 Å². The molecule has 0 aliphatic rings. The second-order valence-electron chi connectivity index (χ2n) is 2.83. The zero-order valence-electron chi connectivity index (χ0n) is 6.89. The Balaban J connectivity index is 2.75. The Morgan fingerprint density at radius 3 is 2.62 bits per heavy atom. The summed E-state index contributed by atoms with van der Waals surface area (Å²) in [5.74, 6) is 0. The number of nitrogens with zero attached hydrogens (tertiary/aromatic N) is 1. The largest absolute Gasteiger partial charge is 0.435 e. The van der Waals surface area contributed by atoms with Gasteiger partial charge in [-0.05, 0) is 13.0 Å². The maximum Gasteiger partial charge on any atom is 0.435 e. The quantitative estimate of drug-likeness (QED) is 0.746. The van der Waals surface area contributed by atoms with Crippen LogP contribution >= 0.6 is 0 Å². The summed E-state index contributed by atoms with van der Waals surface area (Å²) in [5, 5.41) is 14.2. The lowest BCUT2D eigenvalue weighted by Gasteiger charge is -2.00. The molecule has 1 atom stereocenters. The minimum absolute atomic E-state index is 0.142. The van der Waals surface area contributed by atoms with Crippen molar-refractivity contribution in [3.63, 3.8) is 0 Å². The zero-order chi connectivity index (χ0) is 10.1. The van der Waals surface area contributed by atoms with E-state index in [-0.39, 0.29) is 12.1 Å². The normalized spacial score (nSPS) is 14.5. The van der Waals surface area contributed by atoms with E-state index in [0.29, 0.717) is 0 Å². The van der Waals surface area contributed by atoms with Crippen molar-refractivity contribution in [2.24, 2.45) is 0 Å². The number of aromatic amines is 1. The molecule has 74 valence electrons. The standard InChI is InChI=1S/C7H9F3N2O/c1-4(13)2-5-3-6(12-11-5)7(8,9)10/h3-4,13H,2H2,1H3,(H,11,12)/t4-/m0/s1. The summed E-state index contributed by atoms with van der Waals surface area (Å²) < 4.78 is 36.0. The summed E-state index contributed by atoms with van der Waals surface area (Å²) in [6.07, 6.45) is -4.96. The van der Waals surface area contributed by atoms with Crippen molar-refractivity contribution >= 4 is 0 Å². The highest BCUT2D eigenvalue weighted by molar-refractivity contribution is 5.12. The molecule has 1 aromatic heterocycles. The highest BCUT2D eigenvalue weighted by atomic mass is 19.4. The van der Waals surface area contributed by atoms with Gasteiger partial charge in [-0.15, -0.1) is 0 Å². The molecule has 1 heterocycles. The number of nitrogens with one attached hydrogen (secondary N) is 1. The van der Waals surface area contributed by atoms with Crippen LogP contribution in [0.25, 0.3) is 0 Å². The van der Waals surface area contributed by atoms with Crippen LogP contribution in [0, 0.1) is 0 Å². The zero-order valence-corrected chi connectivity index (χ0v) is 6.89. The van der Waals surface area contributed by atoms with Crippen molar-refractivity contribution in [3.8, 4) is 0 Å². The number of aliphatic hydroxyl groups is 1. The predicted octanol–water partition coefficient (Wildman–Crippen LogP) is 1.35. The summed E-state index contributed by atoms with van der Waals surface area (Å²) in [6.45, 7) is 1.49. The predicted molar refractivity (Wildman–Crippen MR) is 39.0 cm³/mol. The van der Waals surface area contributed by atoms with E-state index in [4.69, 9.17) is 5.11 Å². The topological polar surface area (TPSA) is 48.9 Å². The summed E-state index contributed by atoms with van der Waals surface area (Å²) in [4.78, 5) is 0. The minimum Gasteiger partial charge on any atom is -0.393 e. The van der Waals surface area contributed by atoms with Gasteiger partial charge in [0.25, 0.3) is 0 Å². The second kappa shape index (κ2) is 3.37. The molecule has 2 N–H and O–H groups in total. The Morgan fingerprint density at radius 2 is 2.23 bits per heavy atom. The van der Waals surface area contributed by atoms with Crippen molar-refractivity contribution in [2.75, 3.05) is 0 Å². The van der Waals surface area contributed by atoms with Gasteiger partial charge >= 0.3 is 6.18 Å². The van der Waals surface area contributed by atoms with Crippen molar-refractivity contribution in [1.29, 1.82) is 0 Å². The van der Waals surface area contributed by atoms with Crippen LogP contribution in [0.15, 0.2) is 6.07 Å². The molecule has 1 rings (SSSR count). The molecule has 0 amide bonds. The van der Waals surface area contributed by atoms with Gasteiger partial charge < -0.3 is 5.11 Å². The molecule has 0 bridgehead atoms. The molecule has 0 radical (unpaired) electrons. The molecule has 0 aromatic carbocycles. The number of aliphatic hydroxyl groups excluding tert-OH is 1. The van der Waals surface area contributed by atoms with E-state index in [9.17, 15) is 13.2 Å². The third-order valence-electron chi connectivity index (χ3n) is 1.44. The van der Waals surface area contributed by atoms with Crippen LogP contribution in [-0.2, 0) is 12.6 Å². The Bertz CT molecular complexity index is 280.